The number of nitro benzene ring substituents is 1. The maximum absolute atomic E-state index is 11.7. The van der Waals surface area contributed by atoms with E-state index in [1.54, 1.807) is 25.1 Å². The van der Waals surface area contributed by atoms with Gasteiger partial charge in [-0.3, -0.25) is 24.5 Å². The van der Waals surface area contributed by atoms with Crippen LogP contribution < -0.4 is 11.2 Å². The summed E-state index contributed by atoms with van der Waals surface area (Å²) in [5.74, 6) is 0. The second kappa shape index (κ2) is 5.52. The molecule has 20 heavy (non-hydrogen) atoms. The van der Waals surface area contributed by atoms with Gasteiger partial charge in [-0.2, -0.15) is 0 Å². The van der Waals surface area contributed by atoms with Gasteiger partial charge >= 0.3 is 5.69 Å². The van der Waals surface area contributed by atoms with E-state index in [0.717, 1.165) is 0 Å². The lowest BCUT2D eigenvalue weighted by Crippen LogP contribution is -2.32. The maximum Gasteiger partial charge on any atom is 0.328 e. The zero-order chi connectivity index (χ0) is 14.7. The van der Waals surface area contributed by atoms with Crippen LogP contribution in [-0.2, 0) is 13.0 Å². The third kappa shape index (κ3) is 2.66. The predicted molar refractivity (Wildman–Crippen MR) is 72.9 cm³/mol. The van der Waals surface area contributed by atoms with E-state index in [2.05, 4.69) is 4.98 Å². The van der Waals surface area contributed by atoms with Gasteiger partial charge in [0.15, 0.2) is 0 Å². The highest BCUT2D eigenvalue weighted by atomic mass is 16.6. The molecule has 104 valence electrons. The summed E-state index contributed by atoms with van der Waals surface area (Å²) in [6, 6.07) is 6.20. The van der Waals surface area contributed by atoms with Crippen LogP contribution >= 0.6 is 0 Å². The number of rotatable bonds is 4. The first-order chi connectivity index (χ1) is 9.52. The summed E-state index contributed by atoms with van der Waals surface area (Å²) < 4.78 is 1.27. The Hall–Kier alpha value is -2.70. The average molecular weight is 275 g/mol. The Morgan fingerprint density at radius 1 is 1.25 bits per heavy atom. The van der Waals surface area contributed by atoms with E-state index in [-0.39, 0.29) is 12.2 Å². The first-order valence-electron chi connectivity index (χ1n) is 6.08. The number of aromatic nitrogens is 2. The molecule has 0 amide bonds. The van der Waals surface area contributed by atoms with Crippen LogP contribution in [0.15, 0.2) is 40.1 Å². The number of hydrogen-bond acceptors (Lipinski definition) is 4. The van der Waals surface area contributed by atoms with E-state index in [1.807, 2.05) is 0 Å². The van der Waals surface area contributed by atoms with Gasteiger partial charge in [-0.1, -0.05) is 25.1 Å². The van der Waals surface area contributed by atoms with E-state index in [0.29, 0.717) is 17.5 Å². The van der Waals surface area contributed by atoms with Crippen molar-refractivity contribution in [3.05, 3.63) is 72.5 Å². The molecule has 0 bridgehead atoms. The molecule has 2 aromatic rings. The smallest absolute Gasteiger partial charge is 0.296 e. The van der Waals surface area contributed by atoms with Gasteiger partial charge in [-0.05, 0) is 6.42 Å². The number of H-pyrrole nitrogens is 1. The molecule has 0 fully saturated rings. The van der Waals surface area contributed by atoms with Crippen molar-refractivity contribution in [2.45, 2.75) is 19.9 Å². The lowest BCUT2D eigenvalue weighted by Gasteiger charge is -2.07. The fourth-order valence-corrected chi connectivity index (χ4v) is 1.93. The number of aryl methyl sites for hydroxylation is 1. The largest absolute Gasteiger partial charge is 0.328 e. The first-order valence-corrected chi connectivity index (χ1v) is 6.08. The molecule has 0 spiro atoms. The van der Waals surface area contributed by atoms with Crippen LogP contribution in [0.25, 0.3) is 0 Å². The highest BCUT2D eigenvalue weighted by Crippen LogP contribution is 2.18. The van der Waals surface area contributed by atoms with Crippen molar-refractivity contribution in [3.8, 4) is 0 Å². The van der Waals surface area contributed by atoms with E-state index >= 15 is 0 Å². The Bertz CT molecular complexity index is 761. The minimum Gasteiger partial charge on any atom is -0.296 e. The quantitative estimate of drug-likeness (QED) is 0.666. The summed E-state index contributed by atoms with van der Waals surface area (Å²) in [5, 5.41) is 10.9. The van der Waals surface area contributed by atoms with Gasteiger partial charge in [0.1, 0.15) is 0 Å². The molecular weight excluding hydrogens is 262 g/mol. The minimum absolute atomic E-state index is 0.0414. The van der Waals surface area contributed by atoms with Crippen LogP contribution in [0.2, 0.25) is 0 Å². The lowest BCUT2D eigenvalue weighted by molar-refractivity contribution is -0.385. The highest BCUT2D eigenvalue weighted by Gasteiger charge is 2.13. The molecule has 0 aliphatic heterocycles. The molecule has 7 nitrogen and oxygen atoms in total. The molecule has 1 aromatic carbocycles. The Kier molecular flexibility index (Phi) is 3.79. The summed E-state index contributed by atoms with van der Waals surface area (Å²) in [6.07, 6.45) is 1.92. The minimum atomic E-state index is -0.578. The van der Waals surface area contributed by atoms with Crippen LogP contribution in [-0.4, -0.2) is 14.5 Å². The van der Waals surface area contributed by atoms with Gasteiger partial charge in [0, 0.05) is 23.4 Å². The molecule has 0 saturated heterocycles. The van der Waals surface area contributed by atoms with Crippen molar-refractivity contribution in [1.82, 2.24) is 9.55 Å². The molecule has 0 unspecified atom stereocenters. The van der Waals surface area contributed by atoms with Crippen LogP contribution in [0.4, 0.5) is 5.69 Å². The normalized spacial score (nSPS) is 10.4. The Morgan fingerprint density at radius 2 is 1.95 bits per heavy atom. The fourth-order valence-electron chi connectivity index (χ4n) is 1.93. The van der Waals surface area contributed by atoms with Crippen LogP contribution in [0.5, 0.6) is 0 Å². The number of nitrogens with zero attached hydrogens (tertiary/aromatic N) is 2. The molecule has 0 radical (unpaired) electrons. The Labute approximate surface area is 113 Å². The highest BCUT2D eigenvalue weighted by molar-refractivity contribution is 5.39. The number of aromatic amines is 1. The SMILES string of the molecule is CCc1cn(Cc2ccccc2[N+](=O)[O-])c(=O)[nH]c1=O. The predicted octanol–water partition coefficient (Wildman–Crippen LogP) is 1.06. The number of nitro groups is 1. The molecule has 1 N–H and O–H groups in total. The van der Waals surface area contributed by atoms with Gasteiger partial charge in [0.05, 0.1) is 11.5 Å². The third-order valence-electron chi connectivity index (χ3n) is 2.99. The molecule has 0 atom stereocenters. The van der Waals surface area contributed by atoms with Crippen molar-refractivity contribution in [2.24, 2.45) is 0 Å². The second-order valence-electron chi connectivity index (χ2n) is 4.28. The van der Waals surface area contributed by atoms with Crippen molar-refractivity contribution >= 4 is 5.69 Å². The Morgan fingerprint density at radius 3 is 2.60 bits per heavy atom. The van der Waals surface area contributed by atoms with Crippen molar-refractivity contribution in [2.75, 3.05) is 0 Å². The number of nitrogens with one attached hydrogen (secondary N) is 1. The van der Waals surface area contributed by atoms with Crippen LogP contribution in [0.3, 0.4) is 0 Å². The standard InChI is InChI=1S/C13H13N3O4/c1-2-9-7-15(13(18)14-12(9)17)8-10-5-3-4-6-11(10)16(19)20/h3-7H,2,8H2,1H3,(H,14,17,18). The zero-order valence-corrected chi connectivity index (χ0v) is 10.8. The van der Waals surface area contributed by atoms with Crippen LogP contribution in [0.1, 0.15) is 18.1 Å². The van der Waals surface area contributed by atoms with Gasteiger partial charge in [-0.25, -0.2) is 4.79 Å². The zero-order valence-electron chi connectivity index (χ0n) is 10.8. The summed E-state index contributed by atoms with van der Waals surface area (Å²) in [7, 11) is 0. The van der Waals surface area contributed by atoms with Gasteiger partial charge < -0.3 is 0 Å². The van der Waals surface area contributed by atoms with Gasteiger partial charge in [0.2, 0.25) is 0 Å². The number of benzene rings is 1. The maximum atomic E-state index is 11.7. The molecule has 1 aromatic heterocycles. The molecule has 7 heteroatoms. The van der Waals surface area contributed by atoms with Crippen LogP contribution in [0, 0.1) is 10.1 Å². The molecule has 0 saturated carbocycles. The fraction of sp³-hybridized carbons (Fsp3) is 0.231. The number of para-hydroxylation sites is 1. The van der Waals surface area contributed by atoms with Crippen molar-refractivity contribution in [1.29, 1.82) is 0 Å². The third-order valence-corrected chi connectivity index (χ3v) is 2.99. The second-order valence-corrected chi connectivity index (χ2v) is 4.28. The Balaban J connectivity index is 2.48. The topological polar surface area (TPSA) is 98.0 Å². The summed E-state index contributed by atoms with van der Waals surface area (Å²) >= 11 is 0. The van der Waals surface area contributed by atoms with E-state index in [9.17, 15) is 19.7 Å². The molecule has 0 aliphatic carbocycles. The van der Waals surface area contributed by atoms with E-state index < -0.39 is 16.2 Å². The summed E-state index contributed by atoms with van der Waals surface area (Å²) in [5.41, 5.74) is -0.179. The molecule has 0 aliphatic rings. The van der Waals surface area contributed by atoms with Crippen molar-refractivity contribution < 1.29 is 4.92 Å². The summed E-state index contributed by atoms with van der Waals surface area (Å²) in [6.45, 7) is 1.84. The van der Waals surface area contributed by atoms with Gasteiger partial charge in [-0.15, -0.1) is 0 Å². The first kappa shape index (κ1) is 13.7. The molecule has 2 rings (SSSR count). The monoisotopic (exact) mass is 275 g/mol. The molecular formula is C13H13N3O4. The van der Waals surface area contributed by atoms with E-state index in [1.165, 1.54) is 16.8 Å². The number of hydrogen-bond donors (Lipinski definition) is 1. The summed E-state index contributed by atoms with van der Waals surface area (Å²) in [4.78, 5) is 35.9. The van der Waals surface area contributed by atoms with E-state index in [4.69, 9.17) is 0 Å². The lowest BCUT2D eigenvalue weighted by atomic mass is 10.2. The van der Waals surface area contributed by atoms with Crippen molar-refractivity contribution in [3.63, 3.8) is 0 Å². The molecule has 1 heterocycles. The van der Waals surface area contributed by atoms with Gasteiger partial charge in [0.25, 0.3) is 11.2 Å². The average Bonchev–Trinajstić information content (AvgIpc) is 2.42.